The zero-order valence-electron chi connectivity index (χ0n) is 18.8. The molecule has 1 aliphatic rings. The molecular weight excluding hydrogens is 426 g/mol. The van der Waals surface area contributed by atoms with Crippen LogP contribution in [0.3, 0.4) is 0 Å². The molecule has 8 heteroatoms. The number of nitrogens with one attached hydrogen (secondary N) is 2. The zero-order valence-corrected chi connectivity index (χ0v) is 19.7. The van der Waals surface area contributed by atoms with Gasteiger partial charge in [0.2, 0.25) is 15.9 Å². The van der Waals surface area contributed by atoms with E-state index in [2.05, 4.69) is 10.6 Å². The molecule has 32 heavy (non-hydrogen) atoms. The number of rotatable bonds is 6. The van der Waals surface area contributed by atoms with Crippen LogP contribution in [-0.2, 0) is 21.2 Å². The lowest BCUT2D eigenvalue weighted by atomic mass is 10.1. The van der Waals surface area contributed by atoms with Crippen molar-refractivity contribution in [2.45, 2.75) is 56.9 Å². The van der Waals surface area contributed by atoms with E-state index in [1.165, 1.54) is 4.31 Å². The molecule has 7 nitrogen and oxygen atoms in total. The van der Waals surface area contributed by atoms with Crippen LogP contribution in [0.2, 0.25) is 0 Å². The number of carbonyl (C=O) groups excluding carboxylic acids is 2. The van der Waals surface area contributed by atoms with Crippen molar-refractivity contribution in [1.82, 2.24) is 9.62 Å². The first-order valence-corrected chi connectivity index (χ1v) is 12.3. The molecule has 0 aliphatic carbocycles. The molecule has 1 heterocycles. The van der Waals surface area contributed by atoms with Crippen molar-refractivity contribution in [3.63, 3.8) is 0 Å². The number of benzene rings is 2. The van der Waals surface area contributed by atoms with E-state index in [-0.39, 0.29) is 23.1 Å². The Morgan fingerprint density at radius 2 is 1.56 bits per heavy atom. The van der Waals surface area contributed by atoms with E-state index >= 15 is 0 Å². The van der Waals surface area contributed by atoms with Crippen LogP contribution >= 0.6 is 0 Å². The van der Waals surface area contributed by atoms with Crippen molar-refractivity contribution in [2.75, 3.05) is 18.4 Å². The number of hydrogen-bond acceptors (Lipinski definition) is 4. The van der Waals surface area contributed by atoms with Gasteiger partial charge in [-0.2, -0.15) is 4.31 Å². The summed E-state index contributed by atoms with van der Waals surface area (Å²) in [5.74, 6) is -0.548. The first-order valence-electron chi connectivity index (χ1n) is 10.9. The van der Waals surface area contributed by atoms with Gasteiger partial charge in [-0.3, -0.25) is 9.59 Å². The zero-order chi connectivity index (χ0) is 23.4. The molecule has 0 atom stereocenters. The first-order chi connectivity index (χ1) is 15.1. The van der Waals surface area contributed by atoms with Crippen LogP contribution in [0, 0.1) is 0 Å². The third-order valence-electron chi connectivity index (χ3n) is 5.18. The summed E-state index contributed by atoms with van der Waals surface area (Å²) in [6, 6.07) is 13.3. The maximum atomic E-state index is 12.8. The molecule has 0 radical (unpaired) electrons. The minimum Gasteiger partial charge on any atom is -0.347 e. The standard InChI is InChI=1S/C24H31N3O4S/c1-24(2,3)26-23(29)20-9-5-6-10-21(20)25-22(28)17-18-11-13-19(14-12-18)32(30,31)27-15-7-4-8-16-27/h5-6,9-14H,4,7-8,15-17H2,1-3H3,(H,25,28)(H,26,29). The molecular formula is C24H31N3O4S. The summed E-state index contributed by atoms with van der Waals surface area (Å²) in [4.78, 5) is 25.4. The number of hydrogen-bond donors (Lipinski definition) is 2. The lowest BCUT2D eigenvalue weighted by Crippen LogP contribution is -2.40. The van der Waals surface area contributed by atoms with Gasteiger partial charge in [-0.05, 0) is 63.4 Å². The van der Waals surface area contributed by atoms with Crippen LogP contribution in [0.15, 0.2) is 53.4 Å². The van der Waals surface area contributed by atoms with Gasteiger partial charge in [0.1, 0.15) is 0 Å². The predicted molar refractivity (Wildman–Crippen MR) is 125 cm³/mol. The van der Waals surface area contributed by atoms with Crippen LogP contribution in [0.4, 0.5) is 5.69 Å². The second-order valence-corrected chi connectivity index (χ2v) is 11.0. The SMILES string of the molecule is CC(C)(C)NC(=O)c1ccccc1NC(=O)Cc1ccc(S(=O)(=O)N2CCCCC2)cc1. The number of para-hydroxylation sites is 1. The van der Waals surface area contributed by atoms with Gasteiger partial charge in [0.05, 0.1) is 22.6 Å². The molecule has 2 N–H and O–H groups in total. The maximum Gasteiger partial charge on any atom is 0.253 e. The fourth-order valence-electron chi connectivity index (χ4n) is 3.61. The highest BCUT2D eigenvalue weighted by Gasteiger charge is 2.25. The van der Waals surface area contributed by atoms with Crippen molar-refractivity contribution in [2.24, 2.45) is 0 Å². The van der Waals surface area contributed by atoms with Gasteiger partial charge >= 0.3 is 0 Å². The molecule has 3 rings (SSSR count). The van der Waals surface area contributed by atoms with E-state index in [9.17, 15) is 18.0 Å². The van der Waals surface area contributed by atoms with E-state index in [1.54, 1.807) is 48.5 Å². The second-order valence-electron chi connectivity index (χ2n) is 9.08. The van der Waals surface area contributed by atoms with E-state index in [0.29, 0.717) is 29.9 Å². The monoisotopic (exact) mass is 457 g/mol. The number of nitrogens with zero attached hydrogens (tertiary/aromatic N) is 1. The summed E-state index contributed by atoms with van der Waals surface area (Å²) in [5.41, 5.74) is 1.11. The van der Waals surface area contributed by atoms with Crippen molar-refractivity contribution in [1.29, 1.82) is 0 Å². The minimum atomic E-state index is -3.50. The van der Waals surface area contributed by atoms with E-state index in [1.807, 2.05) is 20.8 Å². The molecule has 2 aromatic rings. The highest BCUT2D eigenvalue weighted by molar-refractivity contribution is 7.89. The number of sulfonamides is 1. The summed E-state index contributed by atoms with van der Waals surface area (Å²) in [6.45, 7) is 6.77. The summed E-state index contributed by atoms with van der Waals surface area (Å²) in [5, 5.41) is 5.69. The summed E-state index contributed by atoms with van der Waals surface area (Å²) >= 11 is 0. The largest absolute Gasteiger partial charge is 0.347 e. The molecule has 172 valence electrons. The normalized spacial score (nSPS) is 15.2. The Bertz CT molecular complexity index is 1070. The third kappa shape index (κ3) is 6.17. The van der Waals surface area contributed by atoms with Crippen molar-refractivity contribution in [3.05, 3.63) is 59.7 Å². The van der Waals surface area contributed by atoms with E-state index in [4.69, 9.17) is 0 Å². The van der Waals surface area contributed by atoms with Gasteiger partial charge in [0.25, 0.3) is 5.91 Å². The van der Waals surface area contributed by atoms with Gasteiger partial charge in [0, 0.05) is 18.6 Å². The average Bonchev–Trinajstić information content (AvgIpc) is 2.74. The average molecular weight is 458 g/mol. The van der Waals surface area contributed by atoms with Gasteiger partial charge in [-0.15, -0.1) is 0 Å². The van der Waals surface area contributed by atoms with Crippen LogP contribution < -0.4 is 10.6 Å². The van der Waals surface area contributed by atoms with Gasteiger partial charge < -0.3 is 10.6 Å². The van der Waals surface area contributed by atoms with E-state index in [0.717, 1.165) is 19.3 Å². The molecule has 0 aromatic heterocycles. The van der Waals surface area contributed by atoms with Gasteiger partial charge in [0.15, 0.2) is 0 Å². The lowest BCUT2D eigenvalue weighted by Gasteiger charge is -2.25. The van der Waals surface area contributed by atoms with Crippen LogP contribution in [0.1, 0.15) is 56.0 Å². The van der Waals surface area contributed by atoms with Crippen LogP contribution in [0.25, 0.3) is 0 Å². The topological polar surface area (TPSA) is 95.6 Å². The van der Waals surface area contributed by atoms with Crippen molar-refractivity contribution >= 4 is 27.5 Å². The lowest BCUT2D eigenvalue weighted by molar-refractivity contribution is -0.115. The Morgan fingerprint density at radius 3 is 2.19 bits per heavy atom. The summed E-state index contributed by atoms with van der Waals surface area (Å²) in [6.07, 6.45) is 2.89. The number of piperidine rings is 1. The molecule has 0 bridgehead atoms. The summed E-state index contributed by atoms with van der Waals surface area (Å²) in [7, 11) is -3.50. The van der Waals surface area contributed by atoms with Gasteiger partial charge in [-0.25, -0.2) is 8.42 Å². The molecule has 0 spiro atoms. The van der Waals surface area contributed by atoms with Crippen molar-refractivity contribution in [3.8, 4) is 0 Å². The highest BCUT2D eigenvalue weighted by atomic mass is 32.2. The number of carbonyl (C=O) groups is 2. The number of anilines is 1. The highest BCUT2D eigenvalue weighted by Crippen LogP contribution is 2.21. The van der Waals surface area contributed by atoms with E-state index < -0.39 is 15.6 Å². The molecule has 1 saturated heterocycles. The predicted octanol–water partition coefficient (Wildman–Crippen LogP) is 3.57. The smallest absolute Gasteiger partial charge is 0.253 e. The first kappa shape index (κ1) is 23.9. The quantitative estimate of drug-likeness (QED) is 0.693. The summed E-state index contributed by atoms with van der Waals surface area (Å²) < 4.78 is 27.1. The third-order valence-corrected chi connectivity index (χ3v) is 7.09. The van der Waals surface area contributed by atoms with Crippen LogP contribution in [0.5, 0.6) is 0 Å². The Balaban J connectivity index is 1.67. The molecule has 1 fully saturated rings. The fourth-order valence-corrected chi connectivity index (χ4v) is 5.13. The van der Waals surface area contributed by atoms with Crippen molar-refractivity contribution < 1.29 is 18.0 Å². The molecule has 0 unspecified atom stereocenters. The molecule has 0 saturated carbocycles. The molecule has 2 aromatic carbocycles. The molecule has 1 aliphatic heterocycles. The minimum absolute atomic E-state index is 0.0687. The second kappa shape index (κ2) is 9.83. The Kier molecular flexibility index (Phi) is 7.36. The van der Waals surface area contributed by atoms with Gasteiger partial charge in [-0.1, -0.05) is 30.7 Å². The fraction of sp³-hybridized carbons (Fsp3) is 0.417. The Morgan fingerprint density at radius 1 is 0.938 bits per heavy atom. The Hall–Kier alpha value is -2.71. The Labute approximate surface area is 190 Å². The van der Waals surface area contributed by atoms with Crippen LogP contribution in [-0.4, -0.2) is 43.2 Å². The maximum absolute atomic E-state index is 12.8. The molecule has 2 amide bonds. The number of amides is 2.